The summed E-state index contributed by atoms with van der Waals surface area (Å²) in [6, 6.07) is 0. The number of rotatable bonds is 6. The number of imidazole rings is 1. The normalized spacial score (nSPS) is 9.85. The highest BCUT2D eigenvalue weighted by atomic mass is 16.7. The van der Waals surface area contributed by atoms with Gasteiger partial charge < -0.3 is 14.7 Å². The first-order valence-electron chi connectivity index (χ1n) is 4.10. The summed E-state index contributed by atoms with van der Waals surface area (Å²) in [5.74, 6) is -1.01. The highest BCUT2D eigenvalue weighted by Gasteiger charge is 1.91. The van der Waals surface area contributed by atoms with Crippen LogP contribution in [0.25, 0.3) is 0 Å². The first kappa shape index (κ1) is 9.57. The van der Waals surface area contributed by atoms with Crippen LogP contribution in [0.15, 0.2) is 18.7 Å². The van der Waals surface area contributed by atoms with E-state index in [0.29, 0.717) is 19.4 Å². The summed E-state index contributed by atoms with van der Waals surface area (Å²) >= 11 is 0. The molecule has 5 heteroatoms. The molecule has 1 heterocycles. The molecule has 1 rings (SSSR count). The number of aromatic nitrogens is 2. The van der Waals surface area contributed by atoms with Gasteiger partial charge in [0.25, 0.3) is 0 Å². The maximum atomic E-state index is 10.0. The van der Waals surface area contributed by atoms with Crippen molar-refractivity contribution in [3.05, 3.63) is 18.7 Å². The van der Waals surface area contributed by atoms with Crippen molar-refractivity contribution < 1.29 is 14.7 Å². The topological polar surface area (TPSA) is 67.2 Å². The summed E-state index contributed by atoms with van der Waals surface area (Å²) in [6.07, 6.45) is 6.20. The molecule has 72 valence electrons. The standard InChI is InChI=1S/C8H12N2O3/c11-8(12)3-1-2-6-13-10-5-4-9-7-10/h4-5,7H,1-3,6H2,(H,11,12)/p-1. The Labute approximate surface area is 75.9 Å². The summed E-state index contributed by atoms with van der Waals surface area (Å²) in [7, 11) is 0. The quantitative estimate of drug-likeness (QED) is 0.543. The van der Waals surface area contributed by atoms with E-state index >= 15 is 0 Å². The number of carbonyl (C=O) groups excluding carboxylic acids is 1. The Bertz CT molecular complexity index is 246. The second-order valence-electron chi connectivity index (χ2n) is 2.58. The Hall–Kier alpha value is -1.52. The molecule has 0 saturated heterocycles. The molecule has 5 nitrogen and oxygen atoms in total. The van der Waals surface area contributed by atoms with Crippen molar-refractivity contribution in [2.75, 3.05) is 6.61 Å². The van der Waals surface area contributed by atoms with Gasteiger partial charge in [0.2, 0.25) is 0 Å². The molecule has 0 saturated carbocycles. The van der Waals surface area contributed by atoms with E-state index in [9.17, 15) is 9.90 Å². The number of nitrogens with zero attached hydrogens (tertiary/aromatic N) is 2. The maximum absolute atomic E-state index is 10.0. The van der Waals surface area contributed by atoms with Gasteiger partial charge in [-0.3, -0.25) is 0 Å². The molecular formula is C8H11N2O3-. The lowest BCUT2D eigenvalue weighted by Gasteiger charge is -2.05. The third-order valence-corrected chi connectivity index (χ3v) is 1.50. The molecule has 0 aliphatic heterocycles. The lowest BCUT2D eigenvalue weighted by atomic mass is 10.2. The Balaban J connectivity index is 1.99. The highest BCUT2D eigenvalue weighted by molar-refractivity contribution is 5.63. The predicted octanol–water partition coefficient (Wildman–Crippen LogP) is -0.768. The van der Waals surface area contributed by atoms with E-state index in [-0.39, 0.29) is 6.42 Å². The van der Waals surface area contributed by atoms with E-state index < -0.39 is 5.97 Å². The molecule has 0 unspecified atom stereocenters. The third-order valence-electron chi connectivity index (χ3n) is 1.50. The van der Waals surface area contributed by atoms with E-state index in [0.717, 1.165) is 0 Å². The average Bonchev–Trinajstić information content (AvgIpc) is 2.55. The van der Waals surface area contributed by atoms with Crippen LogP contribution in [0.4, 0.5) is 0 Å². The average molecular weight is 183 g/mol. The summed E-state index contributed by atoms with van der Waals surface area (Å²) in [5.41, 5.74) is 0. The number of carbonyl (C=O) groups is 1. The van der Waals surface area contributed by atoms with Crippen molar-refractivity contribution in [3.8, 4) is 0 Å². The molecule has 0 N–H and O–H groups in total. The van der Waals surface area contributed by atoms with Gasteiger partial charge in [0.1, 0.15) is 12.9 Å². The molecule has 1 aromatic heterocycles. The number of carboxylic acid groups (broad SMARTS) is 1. The zero-order valence-corrected chi connectivity index (χ0v) is 7.18. The predicted molar refractivity (Wildman–Crippen MR) is 42.5 cm³/mol. The molecule has 0 atom stereocenters. The van der Waals surface area contributed by atoms with Crippen molar-refractivity contribution in [1.82, 2.24) is 9.71 Å². The van der Waals surface area contributed by atoms with Gasteiger partial charge in [-0.2, -0.15) is 4.73 Å². The fourth-order valence-corrected chi connectivity index (χ4v) is 0.865. The Morgan fingerprint density at radius 2 is 2.38 bits per heavy atom. The summed E-state index contributed by atoms with van der Waals surface area (Å²) < 4.78 is 1.49. The number of unbranched alkanes of at least 4 members (excludes halogenated alkanes) is 1. The van der Waals surface area contributed by atoms with Crippen LogP contribution in [0.1, 0.15) is 19.3 Å². The highest BCUT2D eigenvalue weighted by Crippen LogP contribution is 1.93. The molecule has 13 heavy (non-hydrogen) atoms. The Morgan fingerprint density at radius 1 is 1.54 bits per heavy atom. The smallest absolute Gasteiger partial charge is 0.131 e. The second kappa shape index (κ2) is 5.18. The van der Waals surface area contributed by atoms with Crippen LogP contribution in [-0.2, 0) is 4.79 Å². The fourth-order valence-electron chi connectivity index (χ4n) is 0.865. The van der Waals surface area contributed by atoms with Crippen LogP contribution in [0.2, 0.25) is 0 Å². The molecule has 0 spiro atoms. The van der Waals surface area contributed by atoms with Gasteiger partial charge in [-0.05, 0) is 19.3 Å². The maximum Gasteiger partial charge on any atom is 0.131 e. The van der Waals surface area contributed by atoms with Crippen molar-refractivity contribution in [3.63, 3.8) is 0 Å². The molecular weight excluding hydrogens is 172 g/mol. The zero-order chi connectivity index (χ0) is 9.52. The van der Waals surface area contributed by atoms with Crippen LogP contribution in [0.5, 0.6) is 0 Å². The molecule has 0 bridgehead atoms. The minimum Gasteiger partial charge on any atom is -0.550 e. The van der Waals surface area contributed by atoms with Gasteiger partial charge in [0, 0.05) is 12.2 Å². The van der Waals surface area contributed by atoms with Crippen LogP contribution < -0.4 is 9.94 Å². The first-order chi connectivity index (χ1) is 6.29. The van der Waals surface area contributed by atoms with E-state index in [2.05, 4.69) is 4.98 Å². The van der Waals surface area contributed by atoms with E-state index in [4.69, 9.17) is 4.84 Å². The van der Waals surface area contributed by atoms with Crippen LogP contribution >= 0.6 is 0 Å². The van der Waals surface area contributed by atoms with Crippen molar-refractivity contribution in [2.45, 2.75) is 19.3 Å². The number of carboxylic acids is 1. The van der Waals surface area contributed by atoms with E-state index in [1.165, 1.54) is 4.73 Å². The summed E-state index contributed by atoms with van der Waals surface area (Å²) in [4.78, 5) is 19.0. The molecule has 0 radical (unpaired) electrons. The minimum absolute atomic E-state index is 0.0906. The summed E-state index contributed by atoms with van der Waals surface area (Å²) in [6.45, 7) is 0.490. The molecule has 0 aliphatic carbocycles. The van der Waals surface area contributed by atoms with Gasteiger partial charge in [-0.25, -0.2) is 4.98 Å². The SMILES string of the molecule is O=C([O-])CCCCOn1ccnc1. The van der Waals surface area contributed by atoms with Crippen molar-refractivity contribution in [1.29, 1.82) is 0 Å². The van der Waals surface area contributed by atoms with Crippen molar-refractivity contribution >= 4 is 5.97 Å². The monoisotopic (exact) mass is 183 g/mol. The lowest BCUT2D eigenvalue weighted by Crippen LogP contribution is -2.22. The lowest BCUT2D eigenvalue weighted by molar-refractivity contribution is -0.305. The van der Waals surface area contributed by atoms with E-state index in [1.54, 1.807) is 18.7 Å². The second-order valence-corrected chi connectivity index (χ2v) is 2.58. The molecule has 0 fully saturated rings. The Morgan fingerprint density at radius 3 is 3.00 bits per heavy atom. The number of hydrogen-bond acceptors (Lipinski definition) is 4. The van der Waals surface area contributed by atoms with Gasteiger partial charge in [0.15, 0.2) is 0 Å². The molecule has 0 aliphatic rings. The molecule has 1 aromatic rings. The van der Waals surface area contributed by atoms with Crippen LogP contribution in [0, 0.1) is 0 Å². The van der Waals surface area contributed by atoms with Gasteiger partial charge in [0.05, 0.1) is 6.20 Å². The zero-order valence-electron chi connectivity index (χ0n) is 7.18. The fraction of sp³-hybridized carbons (Fsp3) is 0.500. The number of aliphatic carboxylic acids is 1. The van der Waals surface area contributed by atoms with Gasteiger partial charge in [-0.1, -0.05) is 0 Å². The third kappa shape index (κ3) is 4.15. The van der Waals surface area contributed by atoms with Crippen molar-refractivity contribution in [2.24, 2.45) is 0 Å². The molecule has 0 amide bonds. The minimum atomic E-state index is -1.01. The van der Waals surface area contributed by atoms with Crippen LogP contribution in [-0.4, -0.2) is 22.3 Å². The van der Waals surface area contributed by atoms with Crippen LogP contribution in [0.3, 0.4) is 0 Å². The summed E-state index contributed by atoms with van der Waals surface area (Å²) in [5, 5.41) is 10.0. The Kier molecular flexibility index (Phi) is 3.81. The van der Waals surface area contributed by atoms with E-state index in [1.807, 2.05) is 0 Å². The van der Waals surface area contributed by atoms with Gasteiger partial charge in [-0.15, -0.1) is 0 Å². The first-order valence-corrected chi connectivity index (χ1v) is 4.10. The number of hydrogen-bond donors (Lipinski definition) is 0. The molecule has 0 aromatic carbocycles. The van der Waals surface area contributed by atoms with Gasteiger partial charge >= 0.3 is 0 Å². The largest absolute Gasteiger partial charge is 0.550 e.